The van der Waals surface area contributed by atoms with E-state index in [-0.39, 0.29) is 5.57 Å². The van der Waals surface area contributed by atoms with Gasteiger partial charge in [-0.15, -0.1) is 0 Å². The largest absolute Gasteiger partial charge is 0.487 e. The molecule has 1 aliphatic heterocycles. The van der Waals surface area contributed by atoms with Gasteiger partial charge in [0.15, 0.2) is 0 Å². The molecule has 1 N–H and O–H groups in total. The van der Waals surface area contributed by atoms with Crippen LogP contribution >= 0.6 is 45.2 Å². The number of barbiturate groups is 1. The Kier molecular flexibility index (Phi) is 7.29. The Morgan fingerprint density at radius 2 is 1.54 bits per heavy atom. The van der Waals surface area contributed by atoms with Crippen molar-refractivity contribution in [3.63, 3.8) is 0 Å². The van der Waals surface area contributed by atoms with Crippen LogP contribution in [0, 0.1) is 14.1 Å². The van der Waals surface area contributed by atoms with Crippen LogP contribution in [0.1, 0.15) is 16.7 Å². The Morgan fingerprint density at radius 1 is 0.865 bits per heavy atom. The number of carbonyl (C=O) groups is 3. The number of rotatable bonds is 5. The fraction of sp³-hybridized carbons (Fsp3) is 0.0690. The van der Waals surface area contributed by atoms with Crippen molar-refractivity contribution < 1.29 is 19.1 Å². The van der Waals surface area contributed by atoms with Gasteiger partial charge in [0, 0.05) is 0 Å². The first kappa shape index (κ1) is 25.4. The van der Waals surface area contributed by atoms with Crippen molar-refractivity contribution in [1.29, 1.82) is 0 Å². The van der Waals surface area contributed by atoms with Crippen molar-refractivity contribution in [3.05, 3.63) is 108 Å². The molecule has 0 spiro atoms. The number of benzene rings is 4. The van der Waals surface area contributed by atoms with Gasteiger partial charge in [0.05, 0.1) is 12.8 Å². The first-order valence-corrected chi connectivity index (χ1v) is 13.5. The van der Waals surface area contributed by atoms with Gasteiger partial charge in [-0.05, 0) is 110 Å². The maximum absolute atomic E-state index is 13.2. The van der Waals surface area contributed by atoms with Crippen LogP contribution in [0.4, 0.5) is 10.5 Å². The smallest absolute Gasteiger partial charge is 0.335 e. The second-order valence-electron chi connectivity index (χ2n) is 8.58. The highest BCUT2D eigenvalue weighted by Crippen LogP contribution is 2.31. The van der Waals surface area contributed by atoms with Crippen LogP contribution in [-0.4, -0.2) is 17.8 Å². The summed E-state index contributed by atoms with van der Waals surface area (Å²) < 4.78 is 7.83. The zero-order valence-corrected chi connectivity index (χ0v) is 23.9. The maximum atomic E-state index is 13.2. The van der Waals surface area contributed by atoms with Gasteiger partial charge < -0.3 is 4.74 Å². The van der Waals surface area contributed by atoms with Gasteiger partial charge in [0.1, 0.15) is 17.9 Å². The third-order valence-corrected chi connectivity index (χ3v) is 7.53. The van der Waals surface area contributed by atoms with Gasteiger partial charge in [-0.3, -0.25) is 14.9 Å². The Labute approximate surface area is 241 Å². The molecule has 4 aromatic rings. The third-order valence-electron chi connectivity index (χ3n) is 5.92. The lowest BCUT2D eigenvalue weighted by molar-refractivity contribution is -0.122. The Bertz CT molecular complexity index is 1570. The lowest BCUT2D eigenvalue weighted by atomic mass is 10.1. The predicted octanol–water partition coefficient (Wildman–Crippen LogP) is 6.60. The van der Waals surface area contributed by atoms with Gasteiger partial charge in [-0.25, -0.2) is 9.69 Å². The molecule has 0 aromatic heterocycles. The number of hydrogen-bond donors (Lipinski definition) is 1. The summed E-state index contributed by atoms with van der Waals surface area (Å²) in [5.41, 5.74) is 2.99. The molecule has 1 saturated heterocycles. The van der Waals surface area contributed by atoms with Gasteiger partial charge in [-0.1, -0.05) is 54.1 Å². The monoisotopic (exact) mass is 714 g/mol. The molecule has 0 atom stereocenters. The second-order valence-corrected chi connectivity index (χ2v) is 10.9. The summed E-state index contributed by atoms with van der Waals surface area (Å²) in [4.78, 5) is 39.2. The highest BCUT2D eigenvalue weighted by atomic mass is 127. The van der Waals surface area contributed by atoms with Gasteiger partial charge in [-0.2, -0.15) is 0 Å². The van der Waals surface area contributed by atoms with E-state index in [0.29, 0.717) is 17.9 Å². The molecule has 4 amide bonds. The van der Waals surface area contributed by atoms with E-state index in [1.165, 1.54) is 11.5 Å². The minimum Gasteiger partial charge on any atom is -0.487 e. The summed E-state index contributed by atoms with van der Waals surface area (Å²) in [5, 5.41) is 4.60. The molecule has 4 aromatic carbocycles. The summed E-state index contributed by atoms with van der Waals surface area (Å²) in [6.07, 6.45) is 1.50. The number of amides is 4. The van der Waals surface area contributed by atoms with Crippen molar-refractivity contribution >= 4 is 85.6 Å². The molecule has 0 unspecified atom stereocenters. The number of urea groups is 1. The van der Waals surface area contributed by atoms with E-state index in [0.717, 1.165) is 34.3 Å². The van der Waals surface area contributed by atoms with Crippen LogP contribution in [0.15, 0.2) is 84.4 Å². The van der Waals surface area contributed by atoms with Crippen molar-refractivity contribution in [2.75, 3.05) is 4.90 Å². The Morgan fingerprint density at radius 3 is 2.24 bits per heavy atom. The summed E-state index contributed by atoms with van der Waals surface area (Å²) in [6, 6.07) is 24.3. The highest BCUT2D eigenvalue weighted by molar-refractivity contribution is 14.1. The van der Waals surface area contributed by atoms with Crippen molar-refractivity contribution in [2.45, 2.75) is 13.5 Å². The number of fused-ring (bicyclic) bond motifs is 1. The van der Waals surface area contributed by atoms with Crippen LogP contribution in [0.3, 0.4) is 0 Å². The number of ether oxygens (including phenoxy) is 1. The molecule has 1 aliphatic rings. The first-order valence-electron chi connectivity index (χ1n) is 11.4. The normalized spacial score (nSPS) is 14.8. The van der Waals surface area contributed by atoms with Crippen LogP contribution < -0.4 is 15.0 Å². The van der Waals surface area contributed by atoms with E-state index in [1.807, 2.05) is 31.2 Å². The molecule has 184 valence electrons. The first-order chi connectivity index (χ1) is 17.8. The SMILES string of the molecule is Cc1ccc(N2C(=O)NC(=O)/C(=C\c3cc(I)c(OCc4ccc5ccccc5c4)c(I)c3)C2=O)cc1. The maximum Gasteiger partial charge on any atom is 0.335 e. The Balaban J connectivity index is 1.39. The minimum absolute atomic E-state index is 0.114. The second kappa shape index (κ2) is 10.6. The highest BCUT2D eigenvalue weighted by Gasteiger charge is 2.36. The lowest BCUT2D eigenvalue weighted by Crippen LogP contribution is -2.54. The lowest BCUT2D eigenvalue weighted by Gasteiger charge is -2.26. The van der Waals surface area contributed by atoms with Crippen LogP contribution in [-0.2, 0) is 16.2 Å². The predicted molar refractivity (Wildman–Crippen MR) is 160 cm³/mol. The van der Waals surface area contributed by atoms with E-state index in [4.69, 9.17) is 4.74 Å². The van der Waals surface area contributed by atoms with Crippen LogP contribution in [0.2, 0.25) is 0 Å². The molecule has 0 radical (unpaired) electrons. The summed E-state index contributed by atoms with van der Waals surface area (Å²) in [5.74, 6) is -0.661. The number of aryl methyl sites for hydroxylation is 1. The number of hydrogen-bond acceptors (Lipinski definition) is 4. The molecule has 0 bridgehead atoms. The molecular weight excluding hydrogens is 694 g/mol. The molecule has 0 saturated carbocycles. The molecule has 6 nitrogen and oxygen atoms in total. The zero-order chi connectivity index (χ0) is 26.1. The van der Waals surface area contributed by atoms with E-state index in [1.54, 1.807) is 24.3 Å². The van der Waals surface area contributed by atoms with Gasteiger partial charge >= 0.3 is 6.03 Å². The summed E-state index contributed by atoms with van der Waals surface area (Å²) >= 11 is 4.37. The summed E-state index contributed by atoms with van der Waals surface area (Å²) in [7, 11) is 0. The molecule has 5 rings (SSSR count). The number of nitrogens with zero attached hydrogens (tertiary/aromatic N) is 1. The van der Waals surface area contributed by atoms with Gasteiger partial charge in [0.25, 0.3) is 11.8 Å². The van der Waals surface area contributed by atoms with Crippen molar-refractivity contribution in [1.82, 2.24) is 5.32 Å². The molecule has 0 aliphatic carbocycles. The average molecular weight is 714 g/mol. The number of nitrogens with one attached hydrogen (secondary N) is 1. The zero-order valence-electron chi connectivity index (χ0n) is 19.6. The number of halogens is 2. The van der Waals surface area contributed by atoms with Crippen LogP contribution in [0.25, 0.3) is 16.8 Å². The minimum atomic E-state index is -0.766. The topological polar surface area (TPSA) is 75.7 Å². The summed E-state index contributed by atoms with van der Waals surface area (Å²) in [6.45, 7) is 2.32. The average Bonchev–Trinajstić information content (AvgIpc) is 2.87. The van der Waals surface area contributed by atoms with Crippen molar-refractivity contribution in [3.8, 4) is 5.75 Å². The van der Waals surface area contributed by atoms with E-state index in [9.17, 15) is 14.4 Å². The fourth-order valence-electron chi connectivity index (χ4n) is 4.04. The third kappa shape index (κ3) is 5.40. The number of carbonyl (C=O) groups excluding carboxylic acids is 3. The molecule has 8 heteroatoms. The standard InChI is InChI=1S/C29H20I2N2O4/c1-17-6-10-22(11-7-17)33-28(35)23(27(34)32-29(33)36)13-19-14-24(30)26(25(31)15-19)37-16-18-8-9-20-4-2-3-5-21(20)12-18/h2-15H,16H2,1H3,(H,32,34,36)/b23-13+. The van der Waals surface area contributed by atoms with E-state index >= 15 is 0 Å². The number of anilines is 1. The Hall–Kier alpha value is -3.25. The molecule has 1 fully saturated rings. The fourth-order valence-corrected chi connectivity index (χ4v) is 6.16. The quantitative estimate of drug-likeness (QED) is 0.144. The molecule has 1 heterocycles. The van der Waals surface area contributed by atoms with E-state index in [2.05, 4.69) is 80.8 Å². The van der Waals surface area contributed by atoms with Crippen molar-refractivity contribution in [2.24, 2.45) is 0 Å². The molecule has 37 heavy (non-hydrogen) atoms. The van der Waals surface area contributed by atoms with Crippen LogP contribution in [0.5, 0.6) is 5.75 Å². The molecular formula is C29H20I2N2O4. The van der Waals surface area contributed by atoms with Gasteiger partial charge in [0.2, 0.25) is 0 Å². The number of imide groups is 2. The van der Waals surface area contributed by atoms with E-state index < -0.39 is 17.8 Å².